The van der Waals surface area contributed by atoms with Gasteiger partial charge in [0.15, 0.2) is 0 Å². The van der Waals surface area contributed by atoms with Gasteiger partial charge < -0.3 is 4.42 Å². The van der Waals surface area contributed by atoms with Gasteiger partial charge in [-0.05, 0) is 89.7 Å². The molecule has 0 unspecified atom stereocenters. The zero-order valence-corrected chi connectivity index (χ0v) is 21.3. The van der Waals surface area contributed by atoms with Crippen molar-refractivity contribution in [2.75, 3.05) is 0 Å². The predicted molar refractivity (Wildman–Crippen MR) is 153 cm³/mol. The summed E-state index contributed by atoms with van der Waals surface area (Å²) in [5.74, 6) is -0.536. The molecule has 0 aliphatic heterocycles. The Hall–Kier alpha value is -3.98. The Morgan fingerprint density at radius 1 is 0.811 bits per heavy atom. The van der Waals surface area contributed by atoms with Crippen LogP contribution in [-0.2, 0) is 0 Å². The van der Waals surface area contributed by atoms with E-state index < -0.39 is 5.89 Å². The van der Waals surface area contributed by atoms with Crippen LogP contribution in [0.25, 0.3) is 55.2 Å². The third kappa shape index (κ3) is 3.99. The average molecular weight is 484 g/mol. The van der Waals surface area contributed by atoms with Crippen molar-refractivity contribution in [2.24, 2.45) is 5.41 Å². The first kappa shape index (κ1) is 21.1. The highest BCUT2D eigenvalue weighted by Gasteiger charge is 2.27. The molecule has 1 fully saturated rings. The van der Waals surface area contributed by atoms with Gasteiger partial charge in [0.25, 0.3) is 0 Å². The fraction of sp³-hybridized carbons (Fsp3) is 0.235. The van der Waals surface area contributed by atoms with Gasteiger partial charge in [0.1, 0.15) is 11.2 Å². The van der Waals surface area contributed by atoms with E-state index in [0.717, 1.165) is 75.7 Å². The first-order valence-electron chi connectivity index (χ1n) is 13.7. The molecule has 0 N–H and O–H groups in total. The van der Waals surface area contributed by atoms with E-state index in [1.807, 2.05) is 18.5 Å². The van der Waals surface area contributed by atoms with Crippen molar-refractivity contribution in [3.63, 3.8) is 0 Å². The van der Waals surface area contributed by atoms with E-state index in [2.05, 4.69) is 86.6 Å². The number of fused-ring (bicyclic) bond motifs is 4. The molecule has 0 amide bonds. The lowest BCUT2D eigenvalue weighted by Crippen LogP contribution is -2.20. The molecule has 3 nitrogen and oxygen atoms in total. The van der Waals surface area contributed by atoms with Crippen LogP contribution in [0.5, 0.6) is 0 Å². The van der Waals surface area contributed by atoms with Gasteiger partial charge in [0.2, 0.25) is 0 Å². The molecule has 1 aliphatic rings. The van der Waals surface area contributed by atoms with Crippen LogP contribution in [0, 0.1) is 5.41 Å². The van der Waals surface area contributed by atoms with Crippen LogP contribution < -0.4 is 0 Å². The first-order valence-corrected chi connectivity index (χ1v) is 13.2. The molecular formula is C34H30N2O. The second kappa shape index (κ2) is 8.55. The van der Waals surface area contributed by atoms with E-state index in [0.29, 0.717) is 5.41 Å². The van der Waals surface area contributed by atoms with E-state index in [-0.39, 0.29) is 0 Å². The summed E-state index contributed by atoms with van der Waals surface area (Å²) in [7, 11) is 0. The van der Waals surface area contributed by atoms with Crippen LogP contribution in [0.2, 0.25) is 0 Å². The van der Waals surface area contributed by atoms with Crippen molar-refractivity contribution in [3.8, 4) is 22.5 Å². The average Bonchev–Trinajstić information content (AvgIpc) is 3.31. The van der Waals surface area contributed by atoms with Crippen molar-refractivity contribution in [1.82, 2.24) is 9.97 Å². The van der Waals surface area contributed by atoms with Crippen molar-refractivity contribution < 1.29 is 5.79 Å². The Bertz CT molecular complexity index is 1810. The number of para-hydroxylation sites is 1. The molecule has 0 atom stereocenters. The number of hydrogen-bond donors (Lipinski definition) is 0. The van der Waals surface area contributed by atoms with Gasteiger partial charge in [-0.3, -0.25) is 9.97 Å². The molecule has 0 spiro atoms. The van der Waals surface area contributed by atoms with Crippen LogP contribution in [0.4, 0.5) is 0 Å². The highest BCUT2D eigenvalue weighted by atomic mass is 16.3. The highest BCUT2D eigenvalue weighted by Crippen LogP contribution is 2.42. The SMILES string of the molecule is [2H]C1(c2ccc(-c3ccnc(-c4cccc5c4oc4cc6ccccc6cc45)c3)nc2)CCC(C)(C)CC1. The minimum Gasteiger partial charge on any atom is -0.455 e. The number of pyridine rings is 2. The largest absolute Gasteiger partial charge is 0.455 e. The van der Waals surface area contributed by atoms with Crippen LogP contribution >= 0.6 is 0 Å². The molecule has 6 aromatic rings. The molecule has 3 aromatic carbocycles. The van der Waals surface area contributed by atoms with Gasteiger partial charge in [-0.1, -0.05) is 56.3 Å². The standard InChI is InChI=1S/C34H30N2O/c1-34(2)15-12-22(13-16-34)26-10-11-30(36-21-26)25-14-17-35-31(19-25)28-9-5-8-27-29-18-23-6-3-4-7-24(23)20-32(29)37-33(27)28/h3-11,14,17-22H,12-13,15-16H2,1-2H3/i22D. The van der Waals surface area contributed by atoms with Crippen molar-refractivity contribution in [3.05, 3.63) is 96.8 Å². The number of nitrogens with zero attached hydrogens (tertiary/aromatic N) is 2. The van der Waals surface area contributed by atoms with Crippen molar-refractivity contribution in [1.29, 1.82) is 0 Å². The topological polar surface area (TPSA) is 38.9 Å². The Balaban J connectivity index is 1.25. The van der Waals surface area contributed by atoms with Gasteiger partial charge >= 0.3 is 0 Å². The molecule has 1 saturated carbocycles. The Kier molecular flexibility index (Phi) is 4.89. The zero-order chi connectivity index (χ0) is 25.9. The molecular weight excluding hydrogens is 452 g/mol. The molecule has 3 aromatic heterocycles. The third-order valence-corrected chi connectivity index (χ3v) is 8.08. The van der Waals surface area contributed by atoms with Crippen molar-refractivity contribution in [2.45, 2.75) is 45.4 Å². The van der Waals surface area contributed by atoms with E-state index in [1.165, 1.54) is 10.8 Å². The summed E-state index contributed by atoms with van der Waals surface area (Å²) in [5.41, 5.74) is 6.80. The third-order valence-electron chi connectivity index (χ3n) is 8.08. The van der Waals surface area contributed by atoms with E-state index >= 15 is 0 Å². The molecule has 3 heteroatoms. The van der Waals surface area contributed by atoms with E-state index in [9.17, 15) is 0 Å². The molecule has 0 bridgehead atoms. The molecule has 1 aliphatic carbocycles. The minimum absolute atomic E-state index is 0.335. The Labute approximate surface area is 218 Å². The summed E-state index contributed by atoms with van der Waals surface area (Å²) >= 11 is 0. The number of rotatable bonds is 3. The predicted octanol–water partition coefficient (Wildman–Crippen LogP) is 9.55. The minimum atomic E-state index is -0.536. The summed E-state index contributed by atoms with van der Waals surface area (Å²) in [6.45, 7) is 4.62. The Morgan fingerprint density at radius 2 is 1.62 bits per heavy atom. The lowest BCUT2D eigenvalue weighted by atomic mass is 9.71. The lowest BCUT2D eigenvalue weighted by Gasteiger charge is -2.34. The van der Waals surface area contributed by atoms with E-state index in [1.54, 1.807) is 0 Å². The normalized spacial score (nSPS) is 17.3. The van der Waals surface area contributed by atoms with Crippen LogP contribution in [0.3, 0.4) is 0 Å². The van der Waals surface area contributed by atoms with Crippen LogP contribution in [0.15, 0.2) is 95.7 Å². The monoisotopic (exact) mass is 483 g/mol. The zero-order valence-electron chi connectivity index (χ0n) is 22.3. The Morgan fingerprint density at radius 3 is 2.41 bits per heavy atom. The number of benzene rings is 3. The summed E-state index contributed by atoms with van der Waals surface area (Å²) in [5, 5.41) is 4.58. The molecule has 37 heavy (non-hydrogen) atoms. The molecule has 182 valence electrons. The fourth-order valence-electron chi connectivity index (χ4n) is 5.71. The summed E-state index contributed by atoms with van der Waals surface area (Å²) in [4.78, 5) is 9.51. The van der Waals surface area contributed by atoms with E-state index in [4.69, 9.17) is 15.8 Å². The molecule has 3 heterocycles. The number of hydrogen-bond acceptors (Lipinski definition) is 3. The summed E-state index contributed by atoms with van der Waals surface area (Å²) in [6, 6.07) is 27.2. The number of furan rings is 1. The number of aromatic nitrogens is 2. The highest BCUT2D eigenvalue weighted by molar-refractivity contribution is 6.13. The van der Waals surface area contributed by atoms with Crippen molar-refractivity contribution >= 4 is 32.7 Å². The van der Waals surface area contributed by atoms with Gasteiger partial charge in [0.05, 0.1) is 11.4 Å². The summed E-state index contributed by atoms with van der Waals surface area (Å²) < 4.78 is 15.5. The first-order chi connectivity index (χ1) is 18.4. The summed E-state index contributed by atoms with van der Waals surface area (Å²) in [6.07, 6.45) is 7.68. The maximum absolute atomic E-state index is 9.07. The second-order valence-electron chi connectivity index (χ2n) is 11.1. The van der Waals surface area contributed by atoms with Crippen LogP contribution in [-0.4, -0.2) is 9.97 Å². The van der Waals surface area contributed by atoms with Crippen LogP contribution in [0.1, 0.15) is 52.4 Å². The second-order valence-corrected chi connectivity index (χ2v) is 11.1. The molecule has 0 radical (unpaired) electrons. The maximum atomic E-state index is 9.07. The quantitative estimate of drug-likeness (QED) is 0.251. The molecule has 0 saturated heterocycles. The smallest absolute Gasteiger partial charge is 0.144 e. The molecule has 7 rings (SSSR count). The van der Waals surface area contributed by atoms with Gasteiger partial charge in [-0.15, -0.1) is 0 Å². The van der Waals surface area contributed by atoms with Gasteiger partial charge in [-0.2, -0.15) is 0 Å². The maximum Gasteiger partial charge on any atom is 0.144 e. The fourth-order valence-corrected chi connectivity index (χ4v) is 5.71. The van der Waals surface area contributed by atoms with Gasteiger partial charge in [-0.25, -0.2) is 0 Å². The van der Waals surface area contributed by atoms with Gasteiger partial charge in [0, 0.05) is 35.7 Å². The lowest BCUT2D eigenvalue weighted by molar-refractivity contribution is 0.224.